The average Bonchev–Trinajstić information content (AvgIpc) is 2.72. The van der Waals surface area contributed by atoms with E-state index in [0.717, 1.165) is 23.6 Å². The Morgan fingerprint density at radius 3 is 1.81 bits per heavy atom. The lowest BCUT2D eigenvalue weighted by Gasteiger charge is -2.16. The quantitative estimate of drug-likeness (QED) is 0.425. The molecule has 0 amide bonds. The molecule has 0 bridgehead atoms. The summed E-state index contributed by atoms with van der Waals surface area (Å²) in [5.41, 5.74) is 6.87. The molecule has 0 spiro atoms. The summed E-state index contributed by atoms with van der Waals surface area (Å²) in [5.74, 6) is -0.943. The zero-order valence-corrected chi connectivity index (χ0v) is 15.3. The highest BCUT2D eigenvalue weighted by molar-refractivity contribution is 5.98. The second kappa shape index (κ2) is 8.81. The van der Waals surface area contributed by atoms with E-state index in [9.17, 15) is 4.79 Å². The van der Waals surface area contributed by atoms with Gasteiger partial charge >= 0.3 is 5.97 Å². The lowest BCUT2D eigenvalue weighted by Crippen LogP contribution is -1.95. The molecule has 0 saturated heterocycles. The van der Waals surface area contributed by atoms with Crippen LogP contribution in [0.2, 0.25) is 0 Å². The maximum Gasteiger partial charge on any atom is 0.328 e. The number of carboxylic acid groups (broad SMARTS) is 1. The monoisotopic (exact) mass is 354 g/mol. The van der Waals surface area contributed by atoms with E-state index in [1.54, 1.807) is 6.08 Å². The molecule has 2 nitrogen and oxygen atoms in total. The normalized spacial score (nSPS) is 12.0. The molecular weight excluding hydrogens is 332 g/mol. The first-order valence-electron chi connectivity index (χ1n) is 9.04. The van der Waals surface area contributed by atoms with Gasteiger partial charge in [0.05, 0.1) is 0 Å². The van der Waals surface area contributed by atoms with Gasteiger partial charge in [0, 0.05) is 6.08 Å². The molecule has 3 aromatic rings. The Hall–Kier alpha value is -3.39. The van der Waals surface area contributed by atoms with E-state index in [0.29, 0.717) is 0 Å². The Bertz CT molecular complexity index is 950. The predicted octanol–water partition coefficient (Wildman–Crippen LogP) is 6.15. The van der Waals surface area contributed by atoms with Gasteiger partial charge in [-0.3, -0.25) is 0 Å². The summed E-state index contributed by atoms with van der Waals surface area (Å²) < 4.78 is 0. The highest BCUT2D eigenvalue weighted by Crippen LogP contribution is 2.34. The Morgan fingerprint density at radius 1 is 0.778 bits per heavy atom. The number of carboxylic acids is 1. The highest BCUT2D eigenvalue weighted by atomic mass is 16.4. The lowest BCUT2D eigenvalue weighted by molar-refractivity contribution is -0.131. The largest absolute Gasteiger partial charge is 0.478 e. The molecule has 0 aliphatic rings. The van der Waals surface area contributed by atoms with Crippen LogP contribution in [0.4, 0.5) is 0 Å². The van der Waals surface area contributed by atoms with Crippen molar-refractivity contribution in [1.29, 1.82) is 0 Å². The molecule has 0 aromatic heterocycles. The fourth-order valence-corrected chi connectivity index (χ4v) is 3.21. The van der Waals surface area contributed by atoms with Crippen LogP contribution in [0.15, 0.2) is 91.0 Å². The maximum absolute atomic E-state index is 10.7. The molecule has 0 unspecified atom stereocenters. The zero-order valence-electron chi connectivity index (χ0n) is 15.3. The van der Waals surface area contributed by atoms with E-state index in [4.69, 9.17) is 5.11 Å². The molecule has 2 heteroatoms. The second-order valence-electron chi connectivity index (χ2n) is 6.23. The van der Waals surface area contributed by atoms with E-state index in [-0.39, 0.29) is 0 Å². The van der Waals surface area contributed by atoms with Crippen LogP contribution in [0.3, 0.4) is 0 Å². The van der Waals surface area contributed by atoms with Crippen LogP contribution in [0.5, 0.6) is 0 Å². The van der Waals surface area contributed by atoms with Gasteiger partial charge < -0.3 is 5.11 Å². The number of hydrogen-bond donors (Lipinski definition) is 1. The van der Waals surface area contributed by atoms with Gasteiger partial charge in [-0.2, -0.15) is 0 Å². The molecule has 0 radical (unpaired) electrons. The third-order valence-electron chi connectivity index (χ3n) is 4.46. The van der Waals surface area contributed by atoms with Gasteiger partial charge in [0.1, 0.15) is 0 Å². The van der Waals surface area contributed by atoms with Gasteiger partial charge in [0.2, 0.25) is 0 Å². The fourth-order valence-electron chi connectivity index (χ4n) is 3.21. The van der Waals surface area contributed by atoms with E-state index in [2.05, 4.69) is 67.6 Å². The van der Waals surface area contributed by atoms with Crippen molar-refractivity contribution >= 4 is 23.2 Å². The van der Waals surface area contributed by atoms with Crippen molar-refractivity contribution in [2.24, 2.45) is 0 Å². The van der Waals surface area contributed by atoms with Crippen LogP contribution in [0.1, 0.15) is 35.6 Å². The van der Waals surface area contributed by atoms with Crippen molar-refractivity contribution in [2.75, 3.05) is 0 Å². The van der Waals surface area contributed by atoms with Crippen molar-refractivity contribution in [2.45, 2.75) is 13.3 Å². The standard InChI is InChI=1S/C25H22O2/c1-2-23(20-9-5-3-6-10-20)25(21-11-7-4-8-12-21)22-16-13-19(14-17-22)15-18-24(26)27/h3-18H,2H2,1H3,(H,26,27)/b18-15?,25-23-. The first-order valence-corrected chi connectivity index (χ1v) is 9.04. The van der Waals surface area contributed by atoms with Crippen molar-refractivity contribution in [3.05, 3.63) is 113 Å². The Balaban J connectivity index is 2.14. The smallest absolute Gasteiger partial charge is 0.328 e. The summed E-state index contributed by atoms with van der Waals surface area (Å²) in [5, 5.41) is 8.80. The van der Waals surface area contributed by atoms with E-state index < -0.39 is 5.97 Å². The molecule has 0 fully saturated rings. The molecule has 1 N–H and O–H groups in total. The van der Waals surface area contributed by atoms with Gasteiger partial charge in [0.15, 0.2) is 0 Å². The Kier molecular flexibility index (Phi) is 6.01. The van der Waals surface area contributed by atoms with Gasteiger partial charge in [-0.1, -0.05) is 91.9 Å². The summed E-state index contributed by atoms with van der Waals surface area (Å²) in [4.78, 5) is 10.7. The van der Waals surface area contributed by atoms with Crippen LogP contribution in [0, 0.1) is 0 Å². The molecular formula is C25H22O2. The summed E-state index contributed by atoms with van der Waals surface area (Å²) in [7, 11) is 0. The number of hydrogen-bond acceptors (Lipinski definition) is 1. The Morgan fingerprint density at radius 2 is 1.30 bits per heavy atom. The minimum Gasteiger partial charge on any atom is -0.478 e. The molecule has 134 valence electrons. The van der Waals surface area contributed by atoms with E-state index >= 15 is 0 Å². The minimum absolute atomic E-state index is 0.867. The highest BCUT2D eigenvalue weighted by Gasteiger charge is 2.12. The van der Waals surface area contributed by atoms with Crippen LogP contribution < -0.4 is 0 Å². The Labute approximate surface area is 160 Å². The van der Waals surface area contributed by atoms with Crippen molar-refractivity contribution in [3.8, 4) is 0 Å². The van der Waals surface area contributed by atoms with E-state index in [1.807, 2.05) is 24.3 Å². The summed E-state index contributed by atoms with van der Waals surface area (Å²) >= 11 is 0. The van der Waals surface area contributed by atoms with Gasteiger partial charge in [-0.25, -0.2) is 4.79 Å². The number of benzene rings is 3. The number of aliphatic carboxylic acids is 1. The van der Waals surface area contributed by atoms with Crippen LogP contribution in [0.25, 0.3) is 17.2 Å². The van der Waals surface area contributed by atoms with Crippen LogP contribution in [-0.4, -0.2) is 11.1 Å². The average molecular weight is 354 g/mol. The molecule has 0 heterocycles. The first kappa shape index (κ1) is 18.4. The number of carbonyl (C=O) groups is 1. The summed E-state index contributed by atoms with van der Waals surface area (Å²) in [6.07, 6.45) is 3.68. The molecule has 0 aliphatic carbocycles. The third kappa shape index (κ3) is 4.62. The first-order chi connectivity index (χ1) is 13.2. The fraction of sp³-hybridized carbons (Fsp3) is 0.0800. The SMILES string of the molecule is CC/C(=C(\c1ccccc1)c1ccc(C=CC(=O)O)cc1)c1ccccc1. The number of rotatable bonds is 6. The van der Waals surface area contributed by atoms with Crippen LogP contribution >= 0.6 is 0 Å². The van der Waals surface area contributed by atoms with Crippen molar-refractivity contribution < 1.29 is 9.90 Å². The van der Waals surface area contributed by atoms with Crippen molar-refractivity contribution in [1.82, 2.24) is 0 Å². The molecule has 0 atom stereocenters. The van der Waals surface area contributed by atoms with Gasteiger partial charge in [-0.15, -0.1) is 0 Å². The molecule has 27 heavy (non-hydrogen) atoms. The molecule has 3 aromatic carbocycles. The van der Waals surface area contributed by atoms with Crippen LogP contribution in [-0.2, 0) is 4.79 Å². The summed E-state index contributed by atoms with van der Waals surface area (Å²) in [6.45, 7) is 2.18. The van der Waals surface area contributed by atoms with Gasteiger partial charge in [-0.05, 0) is 45.9 Å². The second-order valence-corrected chi connectivity index (χ2v) is 6.23. The zero-order chi connectivity index (χ0) is 19.1. The maximum atomic E-state index is 10.7. The molecule has 0 saturated carbocycles. The lowest BCUT2D eigenvalue weighted by atomic mass is 9.88. The molecule has 3 rings (SSSR count). The van der Waals surface area contributed by atoms with Gasteiger partial charge in [0.25, 0.3) is 0 Å². The van der Waals surface area contributed by atoms with E-state index in [1.165, 1.54) is 22.3 Å². The molecule has 0 aliphatic heterocycles. The minimum atomic E-state index is -0.943. The number of allylic oxidation sites excluding steroid dienone is 1. The van der Waals surface area contributed by atoms with Crippen molar-refractivity contribution in [3.63, 3.8) is 0 Å². The third-order valence-corrected chi connectivity index (χ3v) is 4.46. The topological polar surface area (TPSA) is 37.3 Å². The predicted molar refractivity (Wildman–Crippen MR) is 112 cm³/mol. The summed E-state index contributed by atoms with van der Waals surface area (Å²) in [6, 6.07) is 28.9.